The van der Waals surface area contributed by atoms with Crippen molar-refractivity contribution < 1.29 is 17.9 Å². The van der Waals surface area contributed by atoms with E-state index < -0.39 is 12.8 Å². The summed E-state index contributed by atoms with van der Waals surface area (Å²) < 4.78 is 41.9. The van der Waals surface area contributed by atoms with Crippen LogP contribution in [0.3, 0.4) is 0 Å². The number of ether oxygens (including phenoxy) is 1. The van der Waals surface area contributed by atoms with Gasteiger partial charge in [-0.15, -0.1) is 24.0 Å². The van der Waals surface area contributed by atoms with Gasteiger partial charge < -0.3 is 15.0 Å². The summed E-state index contributed by atoms with van der Waals surface area (Å²) >= 11 is 0. The normalized spacial score (nSPS) is 18.6. The Hall–Kier alpha value is -1.26. The second-order valence-electron chi connectivity index (χ2n) is 7.30. The fourth-order valence-corrected chi connectivity index (χ4v) is 2.71. The zero-order chi connectivity index (χ0) is 18.9. The third-order valence-corrected chi connectivity index (χ3v) is 5.01. The molecule has 0 spiro atoms. The maximum absolute atomic E-state index is 12.4. The van der Waals surface area contributed by atoms with Crippen LogP contribution in [-0.4, -0.2) is 47.8 Å². The van der Waals surface area contributed by atoms with Crippen molar-refractivity contribution in [1.82, 2.24) is 15.2 Å². The molecule has 9 heteroatoms. The molecule has 0 aliphatic carbocycles. The summed E-state index contributed by atoms with van der Waals surface area (Å²) in [6, 6.07) is 3.35. The number of hydrogen-bond acceptors (Lipinski definition) is 3. The van der Waals surface area contributed by atoms with Crippen molar-refractivity contribution in [3.63, 3.8) is 0 Å². The fraction of sp³-hybridized carbons (Fsp3) is 0.647. The standard InChI is InChI=1S/C17H25F3N4O.HI/c1-15(2)10-24(16(15,3)4)14(21-5)23-9-12-7-6-8-22-13(12)25-11-17(18,19)20;/h6-8H,9-11H2,1-5H3,(H,21,23);1H. The molecule has 0 unspecified atom stereocenters. The molecule has 0 bridgehead atoms. The molecule has 1 aromatic rings. The molecule has 0 aromatic carbocycles. The van der Waals surface area contributed by atoms with Crippen molar-refractivity contribution in [3.8, 4) is 5.88 Å². The first-order valence-electron chi connectivity index (χ1n) is 8.10. The Balaban J connectivity index is 0.00000338. The molecule has 1 saturated heterocycles. The lowest BCUT2D eigenvalue weighted by atomic mass is 9.65. The van der Waals surface area contributed by atoms with Crippen molar-refractivity contribution in [2.75, 3.05) is 20.2 Å². The minimum Gasteiger partial charge on any atom is -0.468 e. The highest BCUT2D eigenvalue weighted by molar-refractivity contribution is 14.0. The molecule has 1 fully saturated rings. The van der Waals surface area contributed by atoms with Gasteiger partial charge in [-0.1, -0.05) is 19.9 Å². The van der Waals surface area contributed by atoms with Crippen LogP contribution in [0.5, 0.6) is 5.88 Å². The Morgan fingerprint density at radius 1 is 1.35 bits per heavy atom. The zero-order valence-corrected chi connectivity index (χ0v) is 18.0. The highest BCUT2D eigenvalue weighted by Crippen LogP contribution is 2.46. The van der Waals surface area contributed by atoms with Crippen molar-refractivity contribution in [2.45, 2.75) is 46.0 Å². The Morgan fingerprint density at radius 3 is 2.50 bits per heavy atom. The van der Waals surface area contributed by atoms with E-state index in [0.717, 1.165) is 6.54 Å². The maximum Gasteiger partial charge on any atom is 0.422 e. The molecule has 1 aromatic heterocycles. The highest BCUT2D eigenvalue weighted by atomic mass is 127. The number of aromatic nitrogens is 1. The van der Waals surface area contributed by atoms with Gasteiger partial charge in [-0.25, -0.2) is 4.98 Å². The molecule has 5 nitrogen and oxygen atoms in total. The van der Waals surface area contributed by atoms with E-state index in [1.807, 2.05) is 0 Å². The number of halogens is 4. The Labute approximate surface area is 169 Å². The smallest absolute Gasteiger partial charge is 0.422 e. The number of aliphatic imine (C=N–C) groups is 1. The van der Waals surface area contributed by atoms with Gasteiger partial charge in [-0.2, -0.15) is 13.2 Å². The molecule has 0 radical (unpaired) electrons. The predicted octanol–water partition coefficient (Wildman–Crippen LogP) is 3.84. The molecular formula is C17H26F3IN4O. The van der Waals surface area contributed by atoms with Crippen LogP contribution in [0.4, 0.5) is 13.2 Å². The van der Waals surface area contributed by atoms with Gasteiger partial charge in [-0.3, -0.25) is 4.99 Å². The summed E-state index contributed by atoms with van der Waals surface area (Å²) in [7, 11) is 1.69. The summed E-state index contributed by atoms with van der Waals surface area (Å²) in [6.07, 6.45) is -2.99. The number of likely N-dealkylation sites (tertiary alicyclic amines) is 1. The lowest BCUT2D eigenvalue weighted by Crippen LogP contribution is -2.72. The molecule has 0 amide bonds. The van der Waals surface area contributed by atoms with E-state index in [9.17, 15) is 13.2 Å². The van der Waals surface area contributed by atoms with E-state index in [4.69, 9.17) is 4.74 Å². The van der Waals surface area contributed by atoms with Gasteiger partial charge in [0.15, 0.2) is 12.6 Å². The second-order valence-corrected chi connectivity index (χ2v) is 7.30. The van der Waals surface area contributed by atoms with Crippen molar-refractivity contribution in [3.05, 3.63) is 23.9 Å². The van der Waals surface area contributed by atoms with Gasteiger partial charge in [0.05, 0.1) is 0 Å². The third-order valence-electron chi connectivity index (χ3n) is 5.01. The Kier molecular flexibility index (Phi) is 7.17. The molecule has 1 aliphatic rings. The monoisotopic (exact) mass is 486 g/mol. The second kappa shape index (κ2) is 8.18. The number of hydrogen-bond donors (Lipinski definition) is 1. The SMILES string of the molecule is CN=C(NCc1cccnc1OCC(F)(F)F)N1CC(C)(C)C1(C)C.I. The first-order valence-corrected chi connectivity index (χ1v) is 8.10. The van der Waals surface area contributed by atoms with E-state index in [2.05, 4.69) is 47.9 Å². The van der Waals surface area contributed by atoms with Gasteiger partial charge in [0.25, 0.3) is 0 Å². The first kappa shape index (κ1) is 22.8. The minimum absolute atomic E-state index is 0. The largest absolute Gasteiger partial charge is 0.468 e. The zero-order valence-electron chi connectivity index (χ0n) is 15.6. The summed E-state index contributed by atoms with van der Waals surface area (Å²) in [5.41, 5.74) is 0.629. The first-order chi connectivity index (χ1) is 11.5. The lowest BCUT2D eigenvalue weighted by Gasteiger charge is -2.62. The van der Waals surface area contributed by atoms with Crippen LogP contribution in [0.25, 0.3) is 0 Å². The van der Waals surface area contributed by atoms with Crippen molar-refractivity contribution in [1.29, 1.82) is 0 Å². The molecule has 0 atom stereocenters. The van der Waals surface area contributed by atoms with Gasteiger partial charge in [0.2, 0.25) is 5.88 Å². The maximum atomic E-state index is 12.4. The Bertz CT molecular complexity index is 647. The quantitative estimate of drug-likeness (QED) is 0.400. The van der Waals surface area contributed by atoms with Crippen LogP contribution in [0.15, 0.2) is 23.3 Å². The summed E-state index contributed by atoms with van der Waals surface area (Å²) in [5.74, 6) is 0.681. The van der Waals surface area contributed by atoms with Crippen molar-refractivity contribution in [2.24, 2.45) is 10.4 Å². The van der Waals surface area contributed by atoms with Gasteiger partial charge >= 0.3 is 6.18 Å². The topological polar surface area (TPSA) is 49.8 Å². The number of rotatable bonds is 4. The van der Waals surface area contributed by atoms with Crippen LogP contribution >= 0.6 is 24.0 Å². The van der Waals surface area contributed by atoms with Crippen LogP contribution in [-0.2, 0) is 6.54 Å². The van der Waals surface area contributed by atoms with Crippen LogP contribution in [0.2, 0.25) is 0 Å². The lowest BCUT2D eigenvalue weighted by molar-refractivity contribution is -0.154. The van der Waals surface area contributed by atoms with Crippen LogP contribution in [0.1, 0.15) is 33.3 Å². The number of nitrogens with one attached hydrogen (secondary N) is 1. The molecule has 0 saturated carbocycles. The number of pyridine rings is 1. The van der Waals surface area contributed by atoms with E-state index >= 15 is 0 Å². The fourth-order valence-electron chi connectivity index (χ4n) is 2.71. The summed E-state index contributed by atoms with van der Waals surface area (Å²) in [4.78, 5) is 10.3. The van der Waals surface area contributed by atoms with Gasteiger partial charge in [0.1, 0.15) is 0 Å². The molecule has 1 N–H and O–H groups in total. The van der Waals surface area contributed by atoms with E-state index in [1.54, 1.807) is 19.2 Å². The van der Waals surface area contributed by atoms with Crippen LogP contribution < -0.4 is 10.1 Å². The van der Waals surface area contributed by atoms with Crippen molar-refractivity contribution >= 4 is 29.9 Å². The molecule has 26 heavy (non-hydrogen) atoms. The molecule has 2 rings (SSSR count). The van der Waals surface area contributed by atoms with Crippen LogP contribution in [0, 0.1) is 5.41 Å². The third kappa shape index (κ3) is 4.92. The van der Waals surface area contributed by atoms with E-state index in [0.29, 0.717) is 11.5 Å². The summed E-state index contributed by atoms with van der Waals surface area (Å²) in [5, 5.41) is 3.19. The molecule has 148 valence electrons. The Morgan fingerprint density at radius 2 is 2.00 bits per heavy atom. The average molecular weight is 486 g/mol. The number of guanidine groups is 1. The molecular weight excluding hydrogens is 460 g/mol. The number of nitrogens with zero attached hydrogens (tertiary/aromatic N) is 3. The minimum atomic E-state index is -4.40. The van der Waals surface area contributed by atoms with E-state index in [-0.39, 0.29) is 47.4 Å². The highest BCUT2D eigenvalue weighted by Gasteiger charge is 2.53. The number of alkyl halides is 3. The summed E-state index contributed by atoms with van der Waals surface area (Å²) in [6.45, 7) is 8.45. The van der Waals surface area contributed by atoms with E-state index in [1.165, 1.54) is 6.20 Å². The van der Waals surface area contributed by atoms with Gasteiger partial charge in [0, 0.05) is 42.9 Å². The van der Waals surface area contributed by atoms with Gasteiger partial charge in [-0.05, 0) is 19.9 Å². The molecule has 1 aliphatic heterocycles. The molecule has 2 heterocycles. The predicted molar refractivity (Wildman–Crippen MR) is 106 cm³/mol. The average Bonchev–Trinajstić information content (AvgIpc) is 2.52.